The summed E-state index contributed by atoms with van der Waals surface area (Å²) in [6, 6.07) is 4.40. The van der Waals surface area contributed by atoms with Gasteiger partial charge in [-0.15, -0.1) is 0 Å². The first-order valence-electron chi connectivity index (χ1n) is 6.34. The molecule has 1 aromatic heterocycles. The number of halogens is 3. The summed E-state index contributed by atoms with van der Waals surface area (Å²) in [6.07, 6.45) is 1.70. The van der Waals surface area contributed by atoms with E-state index in [0.29, 0.717) is 16.0 Å². The highest BCUT2D eigenvalue weighted by atomic mass is 79.9. The van der Waals surface area contributed by atoms with Crippen LogP contribution in [0.25, 0.3) is 11.4 Å². The van der Waals surface area contributed by atoms with Crippen molar-refractivity contribution in [2.75, 3.05) is 0 Å². The van der Waals surface area contributed by atoms with E-state index in [0.717, 1.165) is 0 Å². The van der Waals surface area contributed by atoms with Crippen molar-refractivity contribution in [2.45, 2.75) is 26.4 Å². The SMILES string of the molecule is CC(C)NC(=O)Cn1cc(Br)nc1-c1ccc(F)c(Cl)c1. The molecule has 0 atom stereocenters. The summed E-state index contributed by atoms with van der Waals surface area (Å²) in [5.74, 6) is -0.0674. The molecule has 0 radical (unpaired) electrons. The van der Waals surface area contributed by atoms with Gasteiger partial charge in [0, 0.05) is 17.8 Å². The second kappa shape index (κ2) is 6.58. The molecule has 0 unspecified atom stereocenters. The van der Waals surface area contributed by atoms with E-state index in [2.05, 4.69) is 26.2 Å². The smallest absolute Gasteiger partial charge is 0.240 e. The van der Waals surface area contributed by atoms with Gasteiger partial charge in [-0.1, -0.05) is 11.6 Å². The third-order valence-electron chi connectivity index (χ3n) is 2.69. The molecule has 0 aliphatic rings. The van der Waals surface area contributed by atoms with Gasteiger partial charge >= 0.3 is 0 Å². The maximum atomic E-state index is 13.2. The topological polar surface area (TPSA) is 46.9 Å². The number of carbonyl (C=O) groups excluding carboxylic acids is 1. The summed E-state index contributed by atoms with van der Waals surface area (Å²) in [6.45, 7) is 3.91. The van der Waals surface area contributed by atoms with Crippen molar-refractivity contribution in [1.29, 1.82) is 0 Å². The van der Waals surface area contributed by atoms with Crippen LogP contribution in [0.2, 0.25) is 5.02 Å². The highest BCUT2D eigenvalue weighted by molar-refractivity contribution is 9.10. The molecule has 112 valence electrons. The lowest BCUT2D eigenvalue weighted by atomic mass is 10.2. The van der Waals surface area contributed by atoms with E-state index in [1.807, 2.05) is 13.8 Å². The van der Waals surface area contributed by atoms with E-state index in [-0.39, 0.29) is 23.5 Å². The average molecular weight is 375 g/mol. The predicted octanol–water partition coefficient (Wildman–Crippen LogP) is 3.63. The number of nitrogens with one attached hydrogen (secondary N) is 1. The number of benzene rings is 1. The van der Waals surface area contributed by atoms with Gasteiger partial charge in [0.1, 0.15) is 22.8 Å². The van der Waals surface area contributed by atoms with Gasteiger partial charge in [-0.2, -0.15) is 0 Å². The summed E-state index contributed by atoms with van der Waals surface area (Å²) in [4.78, 5) is 16.2. The van der Waals surface area contributed by atoms with Crippen molar-refractivity contribution < 1.29 is 9.18 Å². The third kappa shape index (κ3) is 4.04. The van der Waals surface area contributed by atoms with E-state index in [1.54, 1.807) is 16.8 Å². The molecule has 21 heavy (non-hydrogen) atoms. The van der Waals surface area contributed by atoms with E-state index in [1.165, 1.54) is 12.1 Å². The zero-order valence-corrected chi connectivity index (χ0v) is 13.9. The van der Waals surface area contributed by atoms with Crippen LogP contribution in [0.4, 0.5) is 4.39 Å². The molecular formula is C14H14BrClFN3O. The molecule has 0 fully saturated rings. The molecule has 1 heterocycles. The zero-order chi connectivity index (χ0) is 15.6. The van der Waals surface area contributed by atoms with Crippen LogP contribution < -0.4 is 5.32 Å². The van der Waals surface area contributed by atoms with Crippen LogP contribution in [-0.4, -0.2) is 21.5 Å². The molecule has 4 nitrogen and oxygen atoms in total. The first-order chi connectivity index (χ1) is 9.86. The van der Waals surface area contributed by atoms with Crippen LogP contribution in [-0.2, 0) is 11.3 Å². The van der Waals surface area contributed by atoms with Crippen LogP contribution in [0, 0.1) is 5.82 Å². The lowest BCUT2D eigenvalue weighted by Crippen LogP contribution is -2.33. The van der Waals surface area contributed by atoms with Crippen molar-refractivity contribution in [2.24, 2.45) is 0 Å². The number of amides is 1. The minimum atomic E-state index is -0.491. The highest BCUT2D eigenvalue weighted by Gasteiger charge is 2.14. The summed E-state index contributed by atoms with van der Waals surface area (Å²) < 4.78 is 15.5. The maximum Gasteiger partial charge on any atom is 0.240 e. The van der Waals surface area contributed by atoms with Gasteiger partial charge in [-0.25, -0.2) is 9.37 Å². The Balaban J connectivity index is 2.32. The standard InChI is InChI=1S/C14H14BrClFN3O/c1-8(2)18-13(21)7-20-6-12(15)19-14(20)9-3-4-11(17)10(16)5-9/h3-6,8H,7H2,1-2H3,(H,18,21). The normalized spacial score (nSPS) is 11.0. The third-order valence-corrected chi connectivity index (χ3v) is 3.36. The van der Waals surface area contributed by atoms with Crippen LogP contribution in [0.3, 0.4) is 0 Å². The Morgan fingerprint density at radius 2 is 2.24 bits per heavy atom. The number of aromatic nitrogens is 2. The van der Waals surface area contributed by atoms with Gasteiger partial charge in [0.25, 0.3) is 0 Å². The van der Waals surface area contributed by atoms with Crippen molar-refractivity contribution in [3.63, 3.8) is 0 Å². The molecule has 1 amide bonds. The molecule has 0 aliphatic carbocycles. The van der Waals surface area contributed by atoms with Gasteiger partial charge in [-0.05, 0) is 48.0 Å². The molecule has 0 saturated carbocycles. The summed E-state index contributed by atoms with van der Waals surface area (Å²) >= 11 is 9.08. The lowest BCUT2D eigenvalue weighted by Gasteiger charge is -2.11. The van der Waals surface area contributed by atoms with Crippen molar-refractivity contribution >= 4 is 33.4 Å². The molecular weight excluding hydrogens is 361 g/mol. The van der Waals surface area contributed by atoms with Crippen LogP contribution in [0.15, 0.2) is 29.0 Å². The fraction of sp³-hybridized carbons (Fsp3) is 0.286. The molecule has 1 aromatic carbocycles. The number of rotatable bonds is 4. The first kappa shape index (κ1) is 16.0. The van der Waals surface area contributed by atoms with Gasteiger partial charge in [0.2, 0.25) is 5.91 Å². The Morgan fingerprint density at radius 1 is 1.52 bits per heavy atom. The van der Waals surface area contributed by atoms with Crippen LogP contribution in [0.1, 0.15) is 13.8 Å². The van der Waals surface area contributed by atoms with Crippen LogP contribution in [0.5, 0.6) is 0 Å². The minimum Gasteiger partial charge on any atom is -0.352 e. The Bertz CT molecular complexity index is 672. The second-order valence-corrected chi connectivity index (χ2v) is 6.09. The largest absolute Gasteiger partial charge is 0.352 e. The van der Waals surface area contributed by atoms with Gasteiger partial charge in [0.15, 0.2) is 0 Å². The molecule has 1 N–H and O–H groups in total. The Kier molecular flexibility index (Phi) is 5.00. The summed E-state index contributed by atoms with van der Waals surface area (Å²) in [7, 11) is 0. The van der Waals surface area contributed by atoms with Crippen LogP contribution >= 0.6 is 27.5 Å². The predicted molar refractivity (Wildman–Crippen MR) is 83.6 cm³/mol. The lowest BCUT2D eigenvalue weighted by molar-refractivity contribution is -0.122. The summed E-state index contributed by atoms with van der Waals surface area (Å²) in [5, 5.41) is 2.83. The Morgan fingerprint density at radius 3 is 2.86 bits per heavy atom. The number of imidazole rings is 1. The van der Waals surface area contributed by atoms with E-state index < -0.39 is 5.82 Å². The van der Waals surface area contributed by atoms with Crippen molar-refractivity contribution in [3.8, 4) is 11.4 Å². The molecule has 2 rings (SSSR count). The monoisotopic (exact) mass is 373 g/mol. The second-order valence-electron chi connectivity index (χ2n) is 4.87. The maximum absolute atomic E-state index is 13.2. The molecule has 7 heteroatoms. The van der Waals surface area contributed by atoms with E-state index in [9.17, 15) is 9.18 Å². The van der Waals surface area contributed by atoms with Gasteiger partial charge < -0.3 is 9.88 Å². The number of hydrogen-bond acceptors (Lipinski definition) is 2. The fourth-order valence-electron chi connectivity index (χ4n) is 1.89. The Hall–Kier alpha value is -1.40. The van der Waals surface area contributed by atoms with E-state index in [4.69, 9.17) is 11.6 Å². The molecule has 0 saturated heterocycles. The Labute approximate surface area is 135 Å². The quantitative estimate of drug-likeness (QED) is 0.888. The van der Waals surface area contributed by atoms with E-state index >= 15 is 0 Å². The molecule has 0 aliphatic heterocycles. The first-order valence-corrected chi connectivity index (χ1v) is 7.51. The summed E-state index contributed by atoms with van der Waals surface area (Å²) in [5.41, 5.74) is 0.643. The van der Waals surface area contributed by atoms with Gasteiger partial charge in [0.05, 0.1) is 5.02 Å². The minimum absolute atomic E-state index is 0.0183. The highest BCUT2D eigenvalue weighted by Crippen LogP contribution is 2.25. The van der Waals surface area contributed by atoms with Crippen molar-refractivity contribution in [3.05, 3.63) is 39.8 Å². The zero-order valence-electron chi connectivity index (χ0n) is 11.5. The average Bonchev–Trinajstić information content (AvgIpc) is 2.72. The number of nitrogens with zero attached hydrogens (tertiary/aromatic N) is 2. The van der Waals surface area contributed by atoms with Gasteiger partial charge in [-0.3, -0.25) is 4.79 Å². The van der Waals surface area contributed by atoms with Crippen molar-refractivity contribution in [1.82, 2.24) is 14.9 Å². The molecule has 0 bridgehead atoms. The fourth-order valence-corrected chi connectivity index (χ4v) is 2.49. The number of hydrogen-bond donors (Lipinski definition) is 1. The molecule has 2 aromatic rings. The number of carbonyl (C=O) groups is 1. The molecule has 0 spiro atoms.